The van der Waals surface area contributed by atoms with Crippen LogP contribution in [0, 0.1) is 0 Å². The van der Waals surface area contributed by atoms with Gasteiger partial charge in [-0.05, 0) is 61.9 Å². The van der Waals surface area contributed by atoms with Gasteiger partial charge in [0, 0.05) is 18.0 Å². The molecule has 0 saturated heterocycles. The molecule has 0 radical (unpaired) electrons. The fraction of sp³-hybridized carbons (Fsp3) is 0.238. The van der Waals surface area contributed by atoms with Gasteiger partial charge in [0.1, 0.15) is 11.5 Å². The van der Waals surface area contributed by atoms with Crippen molar-refractivity contribution in [2.75, 3.05) is 18.5 Å². The van der Waals surface area contributed by atoms with Crippen LogP contribution in [0.3, 0.4) is 0 Å². The molecule has 1 aromatic heterocycles. The van der Waals surface area contributed by atoms with E-state index in [0.29, 0.717) is 26.1 Å². The first kappa shape index (κ1) is 17.7. The van der Waals surface area contributed by atoms with E-state index in [0.717, 1.165) is 28.1 Å². The van der Waals surface area contributed by atoms with Gasteiger partial charge in [0.2, 0.25) is 5.91 Å². The first-order chi connectivity index (χ1) is 12.8. The van der Waals surface area contributed by atoms with Crippen LogP contribution in [-0.2, 0) is 4.79 Å². The second-order valence-corrected chi connectivity index (χ2v) is 5.78. The highest BCUT2D eigenvalue weighted by Gasteiger charge is 2.06. The Balaban J connectivity index is 1.45. The van der Waals surface area contributed by atoms with Crippen molar-refractivity contribution in [3.63, 3.8) is 0 Å². The van der Waals surface area contributed by atoms with E-state index >= 15 is 0 Å². The maximum absolute atomic E-state index is 12.2. The summed E-state index contributed by atoms with van der Waals surface area (Å²) in [6.45, 7) is 3.07. The van der Waals surface area contributed by atoms with Gasteiger partial charge < -0.3 is 14.8 Å². The number of pyridine rings is 1. The Morgan fingerprint density at radius 1 is 1.00 bits per heavy atom. The summed E-state index contributed by atoms with van der Waals surface area (Å²) in [5.74, 6) is 1.56. The molecule has 134 valence electrons. The zero-order chi connectivity index (χ0) is 18.2. The first-order valence-electron chi connectivity index (χ1n) is 8.75. The molecule has 0 aliphatic heterocycles. The monoisotopic (exact) mass is 350 g/mol. The van der Waals surface area contributed by atoms with Gasteiger partial charge in [-0.1, -0.05) is 6.07 Å². The van der Waals surface area contributed by atoms with Gasteiger partial charge in [0.05, 0.1) is 24.4 Å². The predicted octanol–water partition coefficient (Wildman–Crippen LogP) is 4.43. The Labute approximate surface area is 153 Å². The Morgan fingerprint density at radius 3 is 2.54 bits per heavy atom. The largest absolute Gasteiger partial charge is 0.494 e. The molecule has 5 nitrogen and oxygen atoms in total. The van der Waals surface area contributed by atoms with Gasteiger partial charge in [-0.15, -0.1) is 0 Å². The third-order valence-electron chi connectivity index (χ3n) is 3.87. The minimum Gasteiger partial charge on any atom is -0.494 e. The normalized spacial score (nSPS) is 10.5. The van der Waals surface area contributed by atoms with Crippen molar-refractivity contribution in [1.29, 1.82) is 0 Å². The van der Waals surface area contributed by atoms with E-state index in [4.69, 9.17) is 9.47 Å². The smallest absolute Gasteiger partial charge is 0.224 e. The van der Waals surface area contributed by atoms with Crippen LogP contribution < -0.4 is 14.8 Å². The molecule has 0 aliphatic rings. The molecule has 2 aromatic carbocycles. The number of ether oxygens (including phenoxy) is 2. The molecule has 0 unspecified atom stereocenters. The SMILES string of the molecule is CCOc1ccc(OCCCC(=O)Nc2cccc3ncccc23)cc1. The Hall–Kier alpha value is -3.08. The number of nitrogens with one attached hydrogen (secondary N) is 1. The average molecular weight is 350 g/mol. The van der Waals surface area contributed by atoms with Gasteiger partial charge in [-0.25, -0.2) is 0 Å². The lowest BCUT2D eigenvalue weighted by Crippen LogP contribution is -2.13. The zero-order valence-electron chi connectivity index (χ0n) is 14.8. The quantitative estimate of drug-likeness (QED) is 0.611. The fourth-order valence-corrected chi connectivity index (χ4v) is 2.65. The van der Waals surface area contributed by atoms with E-state index in [2.05, 4.69) is 10.3 Å². The maximum atomic E-state index is 12.2. The third kappa shape index (κ3) is 4.72. The fourth-order valence-electron chi connectivity index (χ4n) is 2.65. The number of hydrogen-bond acceptors (Lipinski definition) is 4. The Kier molecular flexibility index (Phi) is 6.04. The van der Waals surface area contributed by atoms with E-state index in [1.54, 1.807) is 6.20 Å². The highest BCUT2D eigenvalue weighted by Crippen LogP contribution is 2.21. The first-order valence-corrected chi connectivity index (χ1v) is 8.75. The second kappa shape index (κ2) is 8.85. The number of anilines is 1. The van der Waals surface area contributed by atoms with E-state index in [9.17, 15) is 4.79 Å². The van der Waals surface area contributed by atoms with Crippen LogP contribution in [0.25, 0.3) is 10.9 Å². The minimum atomic E-state index is -0.0309. The van der Waals surface area contributed by atoms with Crippen LogP contribution in [0.15, 0.2) is 60.8 Å². The Bertz CT molecular complexity index is 857. The Morgan fingerprint density at radius 2 is 1.77 bits per heavy atom. The second-order valence-electron chi connectivity index (χ2n) is 5.78. The lowest BCUT2D eigenvalue weighted by Gasteiger charge is -2.09. The molecule has 0 spiro atoms. The van der Waals surface area contributed by atoms with Gasteiger partial charge in [0.15, 0.2) is 0 Å². The van der Waals surface area contributed by atoms with E-state index < -0.39 is 0 Å². The standard InChI is InChI=1S/C21H22N2O3/c1-2-25-16-10-12-17(13-11-16)26-15-5-9-21(24)23-20-8-3-7-19-18(20)6-4-14-22-19/h3-4,6-8,10-14H,2,5,9,15H2,1H3,(H,23,24). The molecular weight excluding hydrogens is 328 g/mol. The van der Waals surface area contributed by atoms with Crippen LogP contribution in [-0.4, -0.2) is 24.1 Å². The summed E-state index contributed by atoms with van der Waals surface area (Å²) in [7, 11) is 0. The molecule has 0 fully saturated rings. The van der Waals surface area contributed by atoms with Crippen LogP contribution >= 0.6 is 0 Å². The summed E-state index contributed by atoms with van der Waals surface area (Å²) in [6.07, 6.45) is 2.78. The van der Waals surface area contributed by atoms with Crippen LogP contribution in [0.1, 0.15) is 19.8 Å². The number of hydrogen-bond donors (Lipinski definition) is 1. The number of carbonyl (C=O) groups excluding carboxylic acids is 1. The number of benzene rings is 2. The van der Waals surface area contributed by atoms with Gasteiger partial charge in [0.25, 0.3) is 0 Å². The number of rotatable bonds is 8. The van der Waals surface area contributed by atoms with E-state index in [1.807, 2.05) is 61.5 Å². The lowest BCUT2D eigenvalue weighted by atomic mass is 10.1. The summed E-state index contributed by atoms with van der Waals surface area (Å²) in [6, 6.07) is 17.0. The lowest BCUT2D eigenvalue weighted by molar-refractivity contribution is -0.116. The van der Waals surface area contributed by atoms with Crippen molar-refractivity contribution in [3.05, 3.63) is 60.8 Å². The zero-order valence-corrected chi connectivity index (χ0v) is 14.8. The molecule has 0 atom stereocenters. The van der Waals surface area contributed by atoms with Crippen molar-refractivity contribution < 1.29 is 14.3 Å². The minimum absolute atomic E-state index is 0.0309. The highest BCUT2D eigenvalue weighted by molar-refractivity contribution is 6.00. The van der Waals surface area contributed by atoms with Crippen LogP contribution in [0.2, 0.25) is 0 Å². The van der Waals surface area contributed by atoms with Crippen LogP contribution in [0.5, 0.6) is 11.5 Å². The van der Waals surface area contributed by atoms with Gasteiger partial charge in [-0.3, -0.25) is 9.78 Å². The number of aromatic nitrogens is 1. The summed E-state index contributed by atoms with van der Waals surface area (Å²) in [5.41, 5.74) is 1.65. The molecule has 0 aliphatic carbocycles. The number of fused-ring (bicyclic) bond motifs is 1. The van der Waals surface area contributed by atoms with Gasteiger partial charge in [-0.2, -0.15) is 0 Å². The van der Waals surface area contributed by atoms with Crippen molar-refractivity contribution in [1.82, 2.24) is 4.98 Å². The number of carbonyl (C=O) groups is 1. The average Bonchev–Trinajstić information content (AvgIpc) is 2.67. The van der Waals surface area contributed by atoms with Crippen molar-refractivity contribution in [2.24, 2.45) is 0 Å². The molecule has 3 rings (SSSR count). The van der Waals surface area contributed by atoms with E-state index in [-0.39, 0.29) is 5.91 Å². The third-order valence-corrected chi connectivity index (χ3v) is 3.87. The number of nitrogens with zero attached hydrogens (tertiary/aromatic N) is 1. The number of amides is 1. The molecule has 3 aromatic rings. The molecule has 0 bridgehead atoms. The molecule has 1 heterocycles. The molecular formula is C21H22N2O3. The summed E-state index contributed by atoms with van der Waals surface area (Å²) < 4.78 is 11.1. The summed E-state index contributed by atoms with van der Waals surface area (Å²) >= 11 is 0. The molecule has 1 N–H and O–H groups in total. The topological polar surface area (TPSA) is 60.5 Å². The van der Waals surface area contributed by atoms with E-state index in [1.165, 1.54) is 0 Å². The highest BCUT2D eigenvalue weighted by atomic mass is 16.5. The van der Waals surface area contributed by atoms with Crippen molar-refractivity contribution in [2.45, 2.75) is 19.8 Å². The van der Waals surface area contributed by atoms with Gasteiger partial charge >= 0.3 is 0 Å². The molecule has 0 saturated carbocycles. The van der Waals surface area contributed by atoms with Crippen molar-refractivity contribution in [3.8, 4) is 11.5 Å². The molecule has 1 amide bonds. The molecule has 5 heteroatoms. The predicted molar refractivity (Wildman–Crippen MR) is 103 cm³/mol. The van der Waals surface area contributed by atoms with Crippen LogP contribution in [0.4, 0.5) is 5.69 Å². The summed E-state index contributed by atoms with van der Waals surface area (Å²) in [5, 5.41) is 3.89. The summed E-state index contributed by atoms with van der Waals surface area (Å²) in [4.78, 5) is 16.5. The van der Waals surface area contributed by atoms with Crippen molar-refractivity contribution >= 4 is 22.5 Å². The molecule has 26 heavy (non-hydrogen) atoms. The maximum Gasteiger partial charge on any atom is 0.224 e.